The van der Waals surface area contributed by atoms with E-state index in [1.807, 2.05) is 25.9 Å². The van der Waals surface area contributed by atoms with E-state index in [0.29, 0.717) is 13.1 Å². The minimum absolute atomic E-state index is 0.0207. The van der Waals surface area contributed by atoms with Crippen molar-refractivity contribution in [3.63, 3.8) is 0 Å². The van der Waals surface area contributed by atoms with Crippen LogP contribution in [0.5, 0.6) is 0 Å². The molecule has 1 unspecified atom stereocenters. The predicted molar refractivity (Wildman–Crippen MR) is 90.2 cm³/mol. The quantitative estimate of drug-likeness (QED) is 0.630. The minimum atomic E-state index is 0.0207. The molecule has 126 valence electrons. The van der Waals surface area contributed by atoms with E-state index in [-0.39, 0.29) is 6.10 Å². The summed E-state index contributed by atoms with van der Waals surface area (Å²) in [5.74, 6) is 1.63. The zero-order valence-electron chi connectivity index (χ0n) is 14.1. The SMILES string of the molecule is CN=C(NCc1ncnn1C)N(C)Cc1csc(C(C)OC)n1. The van der Waals surface area contributed by atoms with Crippen LogP contribution in [-0.4, -0.2) is 51.8 Å². The van der Waals surface area contributed by atoms with Crippen molar-refractivity contribution in [2.75, 3.05) is 21.2 Å². The van der Waals surface area contributed by atoms with Gasteiger partial charge in [0.05, 0.1) is 18.8 Å². The van der Waals surface area contributed by atoms with E-state index in [4.69, 9.17) is 4.74 Å². The van der Waals surface area contributed by atoms with Crippen LogP contribution < -0.4 is 5.32 Å². The summed E-state index contributed by atoms with van der Waals surface area (Å²) in [5.41, 5.74) is 0.998. The van der Waals surface area contributed by atoms with Gasteiger partial charge in [-0.15, -0.1) is 11.3 Å². The standard InChI is InChI=1S/C14H23N7OS/c1-10(22-5)13-19-11(8-23-13)7-20(3)14(15-2)16-6-12-17-9-18-21(12)4/h8-10H,6-7H2,1-5H3,(H,15,16). The lowest BCUT2D eigenvalue weighted by Crippen LogP contribution is -2.38. The van der Waals surface area contributed by atoms with Crippen molar-refractivity contribution in [1.82, 2.24) is 30.0 Å². The molecule has 0 saturated heterocycles. The lowest BCUT2D eigenvalue weighted by atomic mass is 10.4. The Morgan fingerprint density at radius 1 is 1.57 bits per heavy atom. The van der Waals surface area contributed by atoms with Gasteiger partial charge in [0.1, 0.15) is 23.3 Å². The van der Waals surface area contributed by atoms with Gasteiger partial charge in [0.25, 0.3) is 0 Å². The van der Waals surface area contributed by atoms with Gasteiger partial charge in [-0.3, -0.25) is 9.67 Å². The van der Waals surface area contributed by atoms with Crippen LogP contribution in [0.4, 0.5) is 0 Å². The van der Waals surface area contributed by atoms with E-state index in [0.717, 1.165) is 22.5 Å². The average Bonchev–Trinajstić information content (AvgIpc) is 3.16. The zero-order valence-corrected chi connectivity index (χ0v) is 15.0. The van der Waals surface area contributed by atoms with Crippen molar-refractivity contribution >= 4 is 17.3 Å². The number of rotatable bonds is 6. The Morgan fingerprint density at radius 2 is 2.35 bits per heavy atom. The van der Waals surface area contributed by atoms with Crippen LogP contribution >= 0.6 is 11.3 Å². The van der Waals surface area contributed by atoms with Crippen molar-refractivity contribution in [2.24, 2.45) is 12.0 Å². The maximum absolute atomic E-state index is 5.30. The highest BCUT2D eigenvalue weighted by Gasteiger charge is 2.13. The number of methoxy groups -OCH3 is 1. The molecule has 0 aromatic carbocycles. The third-order valence-electron chi connectivity index (χ3n) is 3.45. The molecule has 0 aliphatic heterocycles. The molecule has 2 aromatic heterocycles. The van der Waals surface area contributed by atoms with E-state index in [2.05, 4.69) is 30.8 Å². The number of aliphatic imine (C=N–C) groups is 1. The topological polar surface area (TPSA) is 80.5 Å². The average molecular weight is 337 g/mol. The van der Waals surface area contributed by atoms with Crippen LogP contribution in [0.3, 0.4) is 0 Å². The van der Waals surface area contributed by atoms with Gasteiger partial charge in [-0.25, -0.2) is 9.97 Å². The Labute approximate surface area is 140 Å². The molecule has 23 heavy (non-hydrogen) atoms. The molecule has 2 aromatic rings. The molecule has 0 fully saturated rings. The molecule has 1 N–H and O–H groups in total. The lowest BCUT2D eigenvalue weighted by Gasteiger charge is -2.21. The number of hydrogen-bond donors (Lipinski definition) is 1. The van der Waals surface area contributed by atoms with Gasteiger partial charge in [-0.2, -0.15) is 5.10 Å². The highest BCUT2D eigenvalue weighted by molar-refractivity contribution is 7.09. The van der Waals surface area contributed by atoms with Crippen LogP contribution in [0.25, 0.3) is 0 Å². The van der Waals surface area contributed by atoms with Gasteiger partial charge in [-0.05, 0) is 6.92 Å². The van der Waals surface area contributed by atoms with E-state index in [1.54, 1.807) is 30.2 Å². The van der Waals surface area contributed by atoms with Gasteiger partial charge in [0.15, 0.2) is 5.96 Å². The number of thiazole rings is 1. The Kier molecular flexibility index (Phi) is 6.05. The molecule has 0 aliphatic rings. The Balaban J connectivity index is 1.93. The Hall–Kier alpha value is -2.00. The van der Waals surface area contributed by atoms with Gasteiger partial charge in [-0.1, -0.05) is 0 Å². The van der Waals surface area contributed by atoms with Crippen molar-refractivity contribution < 1.29 is 4.74 Å². The van der Waals surface area contributed by atoms with Crippen molar-refractivity contribution in [3.05, 3.63) is 28.2 Å². The molecule has 2 heterocycles. The summed E-state index contributed by atoms with van der Waals surface area (Å²) in [6.45, 7) is 3.23. The lowest BCUT2D eigenvalue weighted by molar-refractivity contribution is 0.119. The van der Waals surface area contributed by atoms with Crippen LogP contribution in [-0.2, 0) is 24.9 Å². The predicted octanol–water partition coefficient (Wildman–Crippen LogP) is 1.19. The smallest absolute Gasteiger partial charge is 0.194 e. The molecule has 8 nitrogen and oxygen atoms in total. The molecule has 0 bridgehead atoms. The van der Waals surface area contributed by atoms with E-state index in [9.17, 15) is 0 Å². The summed E-state index contributed by atoms with van der Waals surface area (Å²) in [6.07, 6.45) is 1.56. The normalized spacial score (nSPS) is 13.2. The Morgan fingerprint density at radius 3 is 2.96 bits per heavy atom. The van der Waals surface area contributed by atoms with Gasteiger partial charge < -0.3 is 15.0 Å². The molecule has 0 radical (unpaired) electrons. The first-order valence-corrected chi connectivity index (χ1v) is 8.14. The summed E-state index contributed by atoms with van der Waals surface area (Å²) < 4.78 is 7.03. The molecule has 2 rings (SSSR count). The second kappa shape index (κ2) is 8.02. The van der Waals surface area contributed by atoms with Crippen molar-refractivity contribution in [1.29, 1.82) is 0 Å². The van der Waals surface area contributed by atoms with Gasteiger partial charge in [0.2, 0.25) is 0 Å². The zero-order chi connectivity index (χ0) is 16.8. The number of aryl methyl sites for hydroxylation is 1. The molecule has 0 amide bonds. The second-order valence-corrected chi connectivity index (χ2v) is 6.00. The number of nitrogens with zero attached hydrogens (tertiary/aromatic N) is 6. The minimum Gasteiger partial charge on any atom is -0.375 e. The van der Waals surface area contributed by atoms with Gasteiger partial charge in [0, 0.05) is 33.6 Å². The third kappa shape index (κ3) is 4.49. The Bertz CT molecular complexity index is 651. The summed E-state index contributed by atoms with van der Waals surface area (Å²) in [6, 6.07) is 0. The first-order chi connectivity index (χ1) is 11.0. The fourth-order valence-corrected chi connectivity index (χ4v) is 2.87. The second-order valence-electron chi connectivity index (χ2n) is 5.11. The first-order valence-electron chi connectivity index (χ1n) is 7.27. The fraction of sp³-hybridized carbons (Fsp3) is 0.571. The third-order valence-corrected chi connectivity index (χ3v) is 4.51. The number of nitrogens with one attached hydrogen (secondary N) is 1. The monoisotopic (exact) mass is 337 g/mol. The molecular weight excluding hydrogens is 314 g/mol. The summed E-state index contributed by atoms with van der Waals surface area (Å²) in [5, 5.41) is 10.4. The van der Waals surface area contributed by atoms with Crippen LogP contribution in [0.2, 0.25) is 0 Å². The largest absolute Gasteiger partial charge is 0.375 e. The number of hydrogen-bond acceptors (Lipinski definition) is 6. The number of guanidine groups is 1. The fourth-order valence-electron chi connectivity index (χ4n) is 2.02. The first kappa shape index (κ1) is 17.4. The number of aromatic nitrogens is 4. The van der Waals surface area contributed by atoms with E-state index in [1.165, 1.54) is 6.33 Å². The highest BCUT2D eigenvalue weighted by Crippen LogP contribution is 2.20. The van der Waals surface area contributed by atoms with Crippen LogP contribution in [0, 0.1) is 0 Å². The molecular formula is C14H23N7OS. The van der Waals surface area contributed by atoms with Crippen molar-refractivity contribution in [3.8, 4) is 0 Å². The molecule has 0 spiro atoms. The summed E-state index contributed by atoms with van der Waals surface area (Å²) in [7, 11) is 7.29. The maximum Gasteiger partial charge on any atom is 0.194 e. The van der Waals surface area contributed by atoms with Gasteiger partial charge >= 0.3 is 0 Å². The van der Waals surface area contributed by atoms with Crippen LogP contribution in [0.1, 0.15) is 29.6 Å². The highest BCUT2D eigenvalue weighted by atomic mass is 32.1. The summed E-state index contributed by atoms with van der Waals surface area (Å²) in [4.78, 5) is 15.1. The van der Waals surface area contributed by atoms with E-state index >= 15 is 0 Å². The summed E-state index contributed by atoms with van der Waals surface area (Å²) >= 11 is 1.61. The molecule has 9 heteroatoms. The maximum atomic E-state index is 5.30. The molecule has 0 saturated carbocycles. The molecule has 0 aliphatic carbocycles. The number of ether oxygens (including phenoxy) is 1. The van der Waals surface area contributed by atoms with Crippen molar-refractivity contribution in [2.45, 2.75) is 26.1 Å². The van der Waals surface area contributed by atoms with E-state index < -0.39 is 0 Å². The molecule has 1 atom stereocenters. The van der Waals surface area contributed by atoms with Crippen LogP contribution in [0.15, 0.2) is 16.7 Å².